The second-order valence-electron chi connectivity index (χ2n) is 5.88. The Morgan fingerprint density at radius 2 is 1.52 bits per heavy atom. The summed E-state index contributed by atoms with van der Waals surface area (Å²) in [5.41, 5.74) is 0.666. The first-order valence-electron chi connectivity index (χ1n) is 8.07. The summed E-state index contributed by atoms with van der Waals surface area (Å²) in [7, 11) is 0. The Hall–Kier alpha value is -1.77. The molecule has 1 amide bonds. The van der Waals surface area contributed by atoms with Gasteiger partial charge in [0.15, 0.2) is 0 Å². The normalized spacial score (nSPS) is 22.3. The SMILES string of the molecule is O=C(N[C@@H]1CCCC[C@H]1[Se](=O)c1ccccc1)c1ccccc1. The van der Waals surface area contributed by atoms with E-state index >= 15 is 0 Å². The van der Waals surface area contributed by atoms with Crippen molar-refractivity contribution in [2.75, 3.05) is 0 Å². The minimum absolute atomic E-state index is 0.0131. The van der Waals surface area contributed by atoms with Crippen LogP contribution in [0.2, 0.25) is 4.82 Å². The summed E-state index contributed by atoms with van der Waals surface area (Å²) in [4.78, 5) is 12.5. The first-order chi connectivity index (χ1) is 11.3. The molecule has 0 spiro atoms. The molecule has 0 aromatic heterocycles. The quantitative estimate of drug-likeness (QED) is 0.837. The molecule has 0 heterocycles. The molecule has 1 saturated carbocycles. The average molecular weight is 374 g/mol. The Morgan fingerprint density at radius 3 is 2.22 bits per heavy atom. The number of carbonyl (C=O) groups is 1. The van der Waals surface area contributed by atoms with E-state index in [0.29, 0.717) is 5.56 Å². The topological polar surface area (TPSA) is 46.2 Å². The first kappa shape index (κ1) is 16.1. The van der Waals surface area contributed by atoms with Crippen LogP contribution in [0.25, 0.3) is 0 Å². The van der Waals surface area contributed by atoms with Crippen LogP contribution in [-0.2, 0) is 3.83 Å². The van der Waals surface area contributed by atoms with Gasteiger partial charge in [0.25, 0.3) is 0 Å². The Balaban J connectivity index is 1.74. The Bertz CT molecular complexity index is 672. The predicted octanol–water partition coefficient (Wildman–Crippen LogP) is 3.06. The van der Waals surface area contributed by atoms with Gasteiger partial charge >= 0.3 is 141 Å². The fourth-order valence-electron chi connectivity index (χ4n) is 3.09. The number of hydrogen-bond acceptors (Lipinski definition) is 2. The van der Waals surface area contributed by atoms with Crippen LogP contribution in [0, 0.1) is 0 Å². The third kappa shape index (κ3) is 3.95. The Morgan fingerprint density at radius 1 is 0.913 bits per heavy atom. The van der Waals surface area contributed by atoms with E-state index in [1.165, 1.54) is 0 Å². The van der Waals surface area contributed by atoms with Gasteiger partial charge in [0.2, 0.25) is 0 Å². The fourth-order valence-corrected chi connectivity index (χ4v) is 6.57. The zero-order chi connectivity index (χ0) is 16.1. The van der Waals surface area contributed by atoms with Crippen molar-refractivity contribution < 1.29 is 8.63 Å². The average Bonchev–Trinajstić information content (AvgIpc) is 2.63. The van der Waals surface area contributed by atoms with Crippen molar-refractivity contribution in [3.05, 3.63) is 66.2 Å². The van der Waals surface area contributed by atoms with Crippen molar-refractivity contribution in [1.29, 1.82) is 0 Å². The van der Waals surface area contributed by atoms with Crippen molar-refractivity contribution >= 4 is 24.2 Å². The molecule has 1 aliphatic carbocycles. The summed E-state index contributed by atoms with van der Waals surface area (Å²) in [5.74, 6) is -0.0608. The van der Waals surface area contributed by atoms with Gasteiger partial charge in [0, 0.05) is 0 Å². The van der Waals surface area contributed by atoms with Gasteiger partial charge in [-0.15, -0.1) is 0 Å². The molecule has 3 nitrogen and oxygen atoms in total. The maximum atomic E-state index is 13.0. The number of rotatable bonds is 4. The molecular formula is C19H21NO2Se. The van der Waals surface area contributed by atoms with Gasteiger partial charge < -0.3 is 0 Å². The number of carbonyl (C=O) groups excluding carboxylic acids is 1. The molecule has 3 atom stereocenters. The molecule has 0 saturated heterocycles. The molecule has 1 unspecified atom stereocenters. The molecule has 2 aromatic carbocycles. The number of nitrogens with one attached hydrogen (secondary N) is 1. The molecule has 1 N–H and O–H groups in total. The van der Waals surface area contributed by atoms with E-state index < -0.39 is 13.8 Å². The van der Waals surface area contributed by atoms with Crippen LogP contribution in [0.3, 0.4) is 0 Å². The molecule has 0 bridgehead atoms. The number of amides is 1. The predicted molar refractivity (Wildman–Crippen MR) is 92.4 cm³/mol. The fraction of sp³-hybridized carbons (Fsp3) is 0.316. The second kappa shape index (κ2) is 7.67. The monoisotopic (exact) mass is 375 g/mol. The third-order valence-corrected chi connectivity index (χ3v) is 8.19. The van der Waals surface area contributed by atoms with Gasteiger partial charge in [-0.1, -0.05) is 0 Å². The molecule has 4 heteroatoms. The molecule has 1 aliphatic rings. The maximum absolute atomic E-state index is 13.0. The van der Waals surface area contributed by atoms with Crippen molar-refractivity contribution in [2.24, 2.45) is 0 Å². The van der Waals surface area contributed by atoms with Gasteiger partial charge in [-0.25, -0.2) is 0 Å². The van der Waals surface area contributed by atoms with Crippen molar-refractivity contribution in [2.45, 2.75) is 36.5 Å². The minimum atomic E-state index is -2.16. The van der Waals surface area contributed by atoms with Gasteiger partial charge in [-0.3, -0.25) is 0 Å². The van der Waals surface area contributed by atoms with Crippen LogP contribution in [0.15, 0.2) is 60.7 Å². The van der Waals surface area contributed by atoms with E-state index in [4.69, 9.17) is 0 Å². The zero-order valence-corrected chi connectivity index (χ0v) is 14.7. The third-order valence-electron chi connectivity index (χ3n) is 4.31. The Labute approximate surface area is 141 Å². The van der Waals surface area contributed by atoms with Crippen molar-refractivity contribution in [3.63, 3.8) is 0 Å². The molecule has 120 valence electrons. The van der Waals surface area contributed by atoms with Gasteiger partial charge in [0.05, 0.1) is 0 Å². The molecule has 1 fully saturated rings. The second-order valence-corrected chi connectivity index (χ2v) is 9.39. The van der Waals surface area contributed by atoms with E-state index in [9.17, 15) is 8.63 Å². The summed E-state index contributed by atoms with van der Waals surface area (Å²) >= 11 is -2.16. The number of hydrogen-bond donors (Lipinski definition) is 1. The van der Waals surface area contributed by atoms with Gasteiger partial charge in [-0.05, 0) is 0 Å². The van der Waals surface area contributed by atoms with E-state index in [1.54, 1.807) is 0 Å². The number of benzene rings is 2. The van der Waals surface area contributed by atoms with E-state index in [2.05, 4.69) is 5.32 Å². The molecule has 3 rings (SSSR count). The summed E-state index contributed by atoms with van der Waals surface area (Å²) in [6.07, 6.45) is 4.03. The van der Waals surface area contributed by atoms with Crippen LogP contribution >= 0.6 is 0 Å². The van der Waals surface area contributed by atoms with E-state index in [0.717, 1.165) is 30.1 Å². The van der Waals surface area contributed by atoms with Crippen LogP contribution in [0.4, 0.5) is 0 Å². The van der Waals surface area contributed by atoms with E-state index in [-0.39, 0.29) is 16.8 Å². The summed E-state index contributed by atoms with van der Waals surface area (Å²) < 4.78 is 13.9. The molecule has 23 heavy (non-hydrogen) atoms. The molecule has 0 aliphatic heterocycles. The van der Waals surface area contributed by atoms with Crippen molar-refractivity contribution in [1.82, 2.24) is 5.32 Å². The summed E-state index contributed by atoms with van der Waals surface area (Å²) in [6.45, 7) is 0. The molecular weight excluding hydrogens is 353 g/mol. The molecule has 2 aromatic rings. The Kier molecular flexibility index (Phi) is 5.37. The molecule has 0 radical (unpaired) electrons. The zero-order valence-electron chi connectivity index (χ0n) is 13.0. The van der Waals surface area contributed by atoms with Crippen LogP contribution in [0.1, 0.15) is 36.0 Å². The van der Waals surface area contributed by atoms with Crippen LogP contribution in [-0.4, -0.2) is 25.8 Å². The standard InChI is InChI=1S/C19H21NO2Se/c21-19(15-9-3-1-4-10-15)20-17-13-7-8-14-18(17)23(22)16-11-5-2-6-12-16/h1-6,9-12,17-18H,7-8,13-14H2,(H,20,21)/t17-,18-,23?/m1/s1. The summed E-state index contributed by atoms with van der Waals surface area (Å²) in [6, 6.07) is 19.0. The first-order valence-corrected chi connectivity index (χ1v) is 10.6. The van der Waals surface area contributed by atoms with Crippen LogP contribution < -0.4 is 9.78 Å². The van der Waals surface area contributed by atoms with Gasteiger partial charge in [0.1, 0.15) is 0 Å². The summed E-state index contributed by atoms with van der Waals surface area (Å²) in [5, 5.41) is 3.13. The van der Waals surface area contributed by atoms with E-state index in [1.807, 2.05) is 60.7 Å². The van der Waals surface area contributed by atoms with Gasteiger partial charge in [-0.2, -0.15) is 0 Å². The van der Waals surface area contributed by atoms with Crippen molar-refractivity contribution in [3.8, 4) is 0 Å². The van der Waals surface area contributed by atoms with Crippen LogP contribution in [0.5, 0.6) is 0 Å².